The number of benzene rings is 1. The van der Waals surface area contributed by atoms with Gasteiger partial charge in [-0.1, -0.05) is 0 Å². The number of carbonyl (C=O) groups is 1. The SMILES string of the molecule is CCOC(=O)CCc1cc2ccoc2c(OC)c1O[C@H]1O[C@H](CO)[C@@H](O)[C@H](O)[C@]1(O)CCCO. The van der Waals surface area contributed by atoms with Gasteiger partial charge in [-0.05, 0) is 43.9 Å². The maximum atomic E-state index is 12.0. The van der Waals surface area contributed by atoms with Crippen molar-refractivity contribution in [1.29, 1.82) is 0 Å². The van der Waals surface area contributed by atoms with Gasteiger partial charge in [-0.15, -0.1) is 0 Å². The number of aliphatic hydroxyl groups is 5. The van der Waals surface area contributed by atoms with Gasteiger partial charge in [-0.25, -0.2) is 0 Å². The van der Waals surface area contributed by atoms with Gasteiger partial charge in [0.2, 0.25) is 12.0 Å². The summed E-state index contributed by atoms with van der Waals surface area (Å²) in [5.41, 5.74) is -1.26. The molecular weight excluding hydrogens is 452 g/mol. The Hall–Kier alpha value is -2.41. The average molecular weight is 484 g/mol. The van der Waals surface area contributed by atoms with Gasteiger partial charge in [-0.2, -0.15) is 0 Å². The summed E-state index contributed by atoms with van der Waals surface area (Å²) < 4.78 is 27.8. The zero-order valence-electron chi connectivity index (χ0n) is 19.2. The van der Waals surface area contributed by atoms with Gasteiger partial charge in [0.15, 0.2) is 16.9 Å². The highest BCUT2D eigenvalue weighted by atomic mass is 16.7. The Morgan fingerprint density at radius 3 is 2.65 bits per heavy atom. The van der Waals surface area contributed by atoms with Crippen molar-refractivity contribution in [3.05, 3.63) is 24.0 Å². The van der Waals surface area contributed by atoms with E-state index in [1.165, 1.54) is 13.4 Å². The summed E-state index contributed by atoms with van der Waals surface area (Å²) in [6.07, 6.45) is -4.52. The Bertz CT molecular complexity index is 958. The van der Waals surface area contributed by atoms with Crippen LogP contribution in [0.4, 0.5) is 0 Å². The molecule has 0 bridgehead atoms. The van der Waals surface area contributed by atoms with E-state index in [1.54, 1.807) is 19.1 Å². The summed E-state index contributed by atoms with van der Waals surface area (Å²) in [5, 5.41) is 51.9. The predicted molar refractivity (Wildman–Crippen MR) is 117 cm³/mol. The number of furan rings is 1. The molecule has 0 spiro atoms. The topological polar surface area (TPSA) is 168 Å². The first-order valence-corrected chi connectivity index (χ1v) is 11.2. The third kappa shape index (κ3) is 5.14. The lowest BCUT2D eigenvalue weighted by Gasteiger charge is -2.47. The van der Waals surface area contributed by atoms with Crippen molar-refractivity contribution in [2.45, 2.75) is 62.8 Å². The van der Waals surface area contributed by atoms with Gasteiger partial charge in [-0.3, -0.25) is 4.79 Å². The molecule has 2 aromatic rings. The molecule has 34 heavy (non-hydrogen) atoms. The van der Waals surface area contributed by atoms with Crippen molar-refractivity contribution >= 4 is 16.9 Å². The number of ether oxygens (including phenoxy) is 4. The Morgan fingerprint density at radius 1 is 1.24 bits per heavy atom. The van der Waals surface area contributed by atoms with Crippen LogP contribution in [0.1, 0.15) is 31.7 Å². The van der Waals surface area contributed by atoms with E-state index in [9.17, 15) is 30.3 Å². The number of fused-ring (bicyclic) bond motifs is 1. The highest BCUT2D eigenvalue weighted by Crippen LogP contribution is 2.43. The van der Waals surface area contributed by atoms with E-state index in [1.807, 2.05) is 0 Å². The molecule has 1 fully saturated rings. The second kappa shape index (κ2) is 11.3. The fraction of sp³-hybridized carbons (Fsp3) is 0.609. The summed E-state index contributed by atoms with van der Waals surface area (Å²) in [7, 11) is 1.40. The number of hydrogen-bond acceptors (Lipinski definition) is 11. The summed E-state index contributed by atoms with van der Waals surface area (Å²) in [4.78, 5) is 12.0. The van der Waals surface area contributed by atoms with Crippen LogP contribution in [0.25, 0.3) is 11.0 Å². The van der Waals surface area contributed by atoms with Crippen LogP contribution in [0.2, 0.25) is 0 Å². The van der Waals surface area contributed by atoms with Crippen molar-refractivity contribution < 1.29 is 53.7 Å². The molecule has 2 heterocycles. The molecule has 3 rings (SSSR count). The van der Waals surface area contributed by atoms with Crippen LogP contribution in [-0.2, 0) is 20.7 Å². The van der Waals surface area contributed by atoms with Crippen LogP contribution >= 0.6 is 0 Å². The molecule has 1 aromatic heterocycles. The highest BCUT2D eigenvalue weighted by molar-refractivity contribution is 5.87. The minimum absolute atomic E-state index is 0.0393. The summed E-state index contributed by atoms with van der Waals surface area (Å²) in [6, 6.07) is 3.45. The lowest BCUT2D eigenvalue weighted by atomic mass is 9.83. The molecule has 11 nitrogen and oxygen atoms in total. The largest absolute Gasteiger partial charge is 0.490 e. The molecule has 190 valence electrons. The molecule has 0 amide bonds. The monoisotopic (exact) mass is 484 g/mol. The van der Waals surface area contributed by atoms with E-state index < -0.39 is 42.8 Å². The molecule has 11 heteroatoms. The van der Waals surface area contributed by atoms with Crippen LogP contribution in [0, 0.1) is 0 Å². The molecule has 0 radical (unpaired) electrons. The van der Waals surface area contributed by atoms with Gasteiger partial charge < -0.3 is 48.9 Å². The first-order valence-electron chi connectivity index (χ1n) is 11.2. The smallest absolute Gasteiger partial charge is 0.306 e. The number of aliphatic hydroxyl groups excluding tert-OH is 4. The maximum Gasteiger partial charge on any atom is 0.306 e. The standard InChI is InChI=1S/C23H32O11/c1-3-31-16(26)6-5-13-11-14-7-10-32-18(14)20(30-2)19(13)34-22-23(29,8-4-9-24)21(28)17(27)15(12-25)33-22/h7,10-11,15,17,21-22,24-25,27-29H,3-6,8-9,12H2,1-2H3/t15-,17-,21+,22-,23-/m1/s1. The zero-order chi connectivity index (χ0) is 24.9. The maximum absolute atomic E-state index is 12.0. The molecule has 0 saturated carbocycles. The zero-order valence-corrected chi connectivity index (χ0v) is 19.2. The quantitative estimate of drug-likeness (QED) is 0.277. The molecule has 0 aliphatic carbocycles. The average Bonchev–Trinajstić information content (AvgIpc) is 3.30. The molecule has 5 atom stereocenters. The van der Waals surface area contributed by atoms with Crippen LogP contribution in [0.5, 0.6) is 11.5 Å². The van der Waals surface area contributed by atoms with Crippen LogP contribution in [0.3, 0.4) is 0 Å². The van der Waals surface area contributed by atoms with Crippen molar-refractivity contribution in [3.8, 4) is 11.5 Å². The Labute approximate surface area is 196 Å². The minimum Gasteiger partial charge on any atom is -0.490 e. The van der Waals surface area contributed by atoms with E-state index >= 15 is 0 Å². The predicted octanol–water partition coefficient (Wildman–Crippen LogP) is 0.258. The van der Waals surface area contributed by atoms with Crippen molar-refractivity contribution in [1.82, 2.24) is 0 Å². The summed E-state index contributed by atoms with van der Waals surface area (Å²) >= 11 is 0. The molecule has 1 saturated heterocycles. The van der Waals surface area contributed by atoms with Gasteiger partial charge in [0.05, 0.1) is 26.6 Å². The number of carbonyl (C=O) groups excluding carboxylic acids is 1. The van der Waals surface area contributed by atoms with E-state index in [2.05, 4.69) is 0 Å². The molecule has 1 aromatic carbocycles. The second-order valence-corrected chi connectivity index (χ2v) is 8.10. The Kier molecular flexibility index (Phi) is 8.74. The fourth-order valence-electron chi connectivity index (χ4n) is 4.10. The van der Waals surface area contributed by atoms with E-state index in [-0.39, 0.29) is 50.4 Å². The summed E-state index contributed by atoms with van der Waals surface area (Å²) in [6.45, 7) is 1.02. The van der Waals surface area contributed by atoms with Gasteiger partial charge >= 0.3 is 5.97 Å². The minimum atomic E-state index is -2.13. The second-order valence-electron chi connectivity index (χ2n) is 8.10. The molecule has 1 aliphatic rings. The van der Waals surface area contributed by atoms with Crippen LogP contribution in [0.15, 0.2) is 22.8 Å². The van der Waals surface area contributed by atoms with Crippen molar-refractivity contribution in [3.63, 3.8) is 0 Å². The normalized spacial score (nSPS) is 27.0. The first kappa shape index (κ1) is 26.2. The molecule has 5 N–H and O–H groups in total. The third-order valence-electron chi connectivity index (χ3n) is 5.90. The van der Waals surface area contributed by atoms with Crippen molar-refractivity contribution in [2.24, 2.45) is 0 Å². The lowest BCUT2D eigenvalue weighted by molar-refractivity contribution is -0.322. The van der Waals surface area contributed by atoms with Crippen molar-refractivity contribution in [2.75, 3.05) is 26.9 Å². The van der Waals surface area contributed by atoms with Crippen LogP contribution in [-0.4, -0.2) is 88.6 Å². The Balaban J connectivity index is 2.04. The first-order chi connectivity index (χ1) is 16.3. The van der Waals surface area contributed by atoms with E-state index in [0.717, 1.165) is 0 Å². The molecule has 0 unspecified atom stereocenters. The van der Waals surface area contributed by atoms with Gasteiger partial charge in [0.1, 0.15) is 18.3 Å². The van der Waals surface area contributed by atoms with E-state index in [4.69, 9.17) is 23.4 Å². The van der Waals surface area contributed by atoms with Gasteiger partial charge in [0, 0.05) is 18.4 Å². The molecular formula is C23H32O11. The molecule has 1 aliphatic heterocycles. The van der Waals surface area contributed by atoms with E-state index in [0.29, 0.717) is 16.5 Å². The number of esters is 1. The Morgan fingerprint density at radius 2 is 2.00 bits per heavy atom. The number of rotatable bonds is 11. The number of methoxy groups -OCH3 is 1. The lowest BCUT2D eigenvalue weighted by Crippen LogP contribution is -2.68. The fourth-order valence-corrected chi connectivity index (χ4v) is 4.10. The number of aryl methyl sites for hydroxylation is 1. The third-order valence-corrected chi connectivity index (χ3v) is 5.90. The summed E-state index contributed by atoms with van der Waals surface area (Å²) in [5.74, 6) is -0.135. The highest BCUT2D eigenvalue weighted by Gasteiger charge is 2.56. The van der Waals surface area contributed by atoms with Gasteiger partial charge in [0.25, 0.3) is 0 Å². The van der Waals surface area contributed by atoms with Crippen LogP contribution < -0.4 is 9.47 Å². The number of hydrogen-bond donors (Lipinski definition) is 5.